The first-order chi connectivity index (χ1) is 10.5. The summed E-state index contributed by atoms with van der Waals surface area (Å²) in [6, 6.07) is 14.0. The normalized spacial score (nSPS) is 10.1. The Morgan fingerprint density at radius 2 is 1.77 bits per heavy atom. The van der Waals surface area contributed by atoms with Crippen molar-refractivity contribution >= 4 is 23.4 Å². The highest BCUT2D eigenvalue weighted by atomic mass is 35.5. The molecule has 0 unspecified atom stereocenters. The van der Waals surface area contributed by atoms with Crippen molar-refractivity contribution in [3.63, 3.8) is 0 Å². The second-order valence-electron chi connectivity index (χ2n) is 4.95. The van der Waals surface area contributed by atoms with Gasteiger partial charge < -0.3 is 10.2 Å². The van der Waals surface area contributed by atoms with Crippen LogP contribution in [0.1, 0.15) is 26.3 Å². The van der Waals surface area contributed by atoms with Crippen LogP contribution in [0.3, 0.4) is 0 Å². The maximum atomic E-state index is 12.3. The molecule has 0 atom stereocenters. The maximum Gasteiger partial charge on any atom is 0.253 e. The van der Waals surface area contributed by atoms with E-state index in [0.717, 1.165) is 5.56 Å². The van der Waals surface area contributed by atoms with Crippen LogP contribution < -0.4 is 5.32 Å². The predicted molar refractivity (Wildman–Crippen MR) is 87.1 cm³/mol. The smallest absolute Gasteiger partial charge is 0.253 e. The number of benzene rings is 2. The van der Waals surface area contributed by atoms with Gasteiger partial charge in [0.15, 0.2) is 0 Å². The van der Waals surface area contributed by atoms with E-state index in [-0.39, 0.29) is 11.8 Å². The van der Waals surface area contributed by atoms with E-state index in [4.69, 9.17) is 11.6 Å². The first-order valence-corrected chi connectivity index (χ1v) is 7.21. The lowest BCUT2D eigenvalue weighted by molar-refractivity contribution is 0.0784. The fourth-order valence-corrected chi connectivity index (χ4v) is 2.28. The van der Waals surface area contributed by atoms with Crippen molar-refractivity contribution in [2.24, 2.45) is 0 Å². The maximum absolute atomic E-state index is 12.3. The van der Waals surface area contributed by atoms with Gasteiger partial charge in [-0.2, -0.15) is 0 Å². The van der Waals surface area contributed by atoms with Crippen molar-refractivity contribution in [3.8, 4) is 0 Å². The SMILES string of the molecule is CNC(=O)c1ccc(CN(C)C(=O)c2cccc(Cl)c2)cc1. The van der Waals surface area contributed by atoms with E-state index in [9.17, 15) is 9.59 Å². The zero-order chi connectivity index (χ0) is 16.1. The summed E-state index contributed by atoms with van der Waals surface area (Å²) in [7, 11) is 3.32. The molecule has 4 nitrogen and oxygen atoms in total. The van der Waals surface area contributed by atoms with Gasteiger partial charge in [0.2, 0.25) is 0 Å². The summed E-state index contributed by atoms with van der Waals surface area (Å²) < 4.78 is 0. The topological polar surface area (TPSA) is 49.4 Å². The molecule has 0 spiro atoms. The van der Waals surface area contributed by atoms with Crippen LogP contribution in [0.5, 0.6) is 0 Å². The largest absolute Gasteiger partial charge is 0.355 e. The van der Waals surface area contributed by atoms with Crippen molar-refractivity contribution in [3.05, 3.63) is 70.2 Å². The van der Waals surface area contributed by atoms with Crippen molar-refractivity contribution in [1.29, 1.82) is 0 Å². The molecular weight excluding hydrogens is 300 g/mol. The van der Waals surface area contributed by atoms with E-state index >= 15 is 0 Å². The lowest BCUT2D eigenvalue weighted by Crippen LogP contribution is -2.26. The van der Waals surface area contributed by atoms with Crippen LogP contribution in [-0.2, 0) is 6.54 Å². The van der Waals surface area contributed by atoms with E-state index in [2.05, 4.69) is 5.32 Å². The molecule has 0 aliphatic rings. The average molecular weight is 317 g/mol. The molecule has 0 bridgehead atoms. The first-order valence-electron chi connectivity index (χ1n) is 6.83. The summed E-state index contributed by atoms with van der Waals surface area (Å²) in [6.45, 7) is 0.458. The van der Waals surface area contributed by atoms with Gasteiger partial charge >= 0.3 is 0 Å². The Hall–Kier alpha value is -2.33. The van der Waals surface area contributed by atoms with Gasteiger partial charge in [0.1, 0.15) is 0 Å². The number of amides is 2. The Bertz CT molecular complexity index is 683. The molecular formula is C17H17ClN2O2. The number of hydrogen-bond acceptors (Lipinski definition) is 2. The van der Waals surface area contributed by atoms with Crippen LogP contribution >= 0.6 is 11.6 Å². The molecule has 2 aromatic rings. The molecule has 0 saturated carbocycles. The van der Waals surface area contributed by atoms with E-state index in [0.29, 0.717) is 22.7 Å². The quantitative estimate of drug-likeness (QED) is 0.942. The fraction of sp³-hybridized carbons (Fsp3) is 0.176. The summed E-state index contributed by atoms with van der Waals surface area (Å²) in [4.78, 5) is 25.4. The summed E-state index contributed by atoms with van der Waals surface area (Å²) in [6.07, 6.45) is 0. The lowest BCUT2D eigenvalue weighted by atomic mass is 10.1. The van der Waals surface area contributed by atoms with Gasteiger partial charge in [-0.25, -0.2) is 0 Å². The van der Waals surface area contributed by atoms with E-state index < -0.39 is 0 Å². The molecule has 5 heteroatoms. The monoisotopic (exact) mass is 316 g/mol. The molecule has 22 heavy (non-hydrogen) atoms. The minimum absolute atomic E-state index is 0.0992. The van der Waals surface area contributed by atoms with Crippen molar-refractivity contribution in [1.82, 2.24) is 10.2 Å². The van der Waals surface area contributed by atoms with Gasteiger partial charge in [0, 0.05) is 36.8 Å². The molecule has 1 N–H and O–H groups in total. The molecule has 0 aliphatic carbocycles. The molecule has 0 aromatic heterocycles. The number of halogens is 1. The molecule has 2 amide bonds. The van der Waals surface area contributed by atoms with Crippen molar-refractivity contribution < 1.29 is 9.59 Å². The molecule has 0 aliphatic heterocycles. The molecule has 0 saturated heterocycles. The minimum Gasteiger partial charge on any atom is -0.355 e. The highest BCUT2D eigenvalue weighted by Gasteiger charge is 2.12. The third-order valence-electron chi connectivity index (χ3n) is 3.28. The molecule has 0 radical (unpaired) electrons. The highest BCUT2D eigenvalue weighted by molar-refractivity contribution is 6.30. The standard InChI is InChI=1S/C17H17ClN2O2/c1-19-16(21)13-8-6-12(7-9-13)11-20(2)17(22)14-4-3-5-15(18)10-14/h3-10H,11H2,1-2H3,(H,19,21). The van der Waals surface area contributed by atoms with Crippen LogP contribution in [-0.4, -0.2) is 30.8 Å². The summed E-state index contributed by atoms with van der Waals surface area (Å²) in [5.41, 5.74) is 2.09. The van der Waals surface area contributed by atoms with Gasteiger partial charge in [-0.1, -0.05) is 29.8 Å². The summed E-state index contributed by atoms with van der Waals surface area (Å²) >= 11 is 5.91. The average Bonchev–Trinajstić information content (AvgIpc) is 2.54. The Labute approximate surface area is 134 Å². The van der Waals surface area contributed by atoms with Gasteiger partial charge in [0.05, 0.1) is 0 Å². The highest BCUT2D eigenvalue weighted by Crippen LogP contribution is 2.14. The molecule has 2 aromatic carbocycles. The molecule has 0 fully saturated rings. The zero-order valence-electron chi connectivity index (χ0n) is 12.5. The lowest BCUT2D eigenvalue weighted by Gasteiger charge is -2.17. The second kappa shape index (κ2) is 7.09. The Balaban J connectivity index is 2.06. The number of nitrogens with zero attached hydrogens (tertiary/aromatic N) is 1. The second-order valence-corrected chi connectivity index (χ2v) is 5.38. The molecule has 2 rings (SSSR count). The van der Waals surface area contributed by atoms with E-state index in [1.165, 1.54) is 0 Å². The van der Waals surface area contributed by atoms with Gasteiger partial charge in [-0.15, -0.1) is 0 Å². The van der Waals surface area contributed by atoms with Crippen molar-refractivity contribution in [2.45, 2.75) is 6.54 Å². The van der Waals surface area contributed by atoms with Crippen molar-refractivity contribution in [2.75, 3.05) is 14.1 Å². The number of nitrogens with one attached hydrogen (secondary N) is 1. The third-order valence-corrected chi connectivity index (χ3v) is 3.52. The van der Waals surface area contributed by atoms with Crippen LogP contribution in [0.4, 0.5) is 0 Å². The summed E-state index contributed by atoms with van der Waals surface area (Å²) in [5.74, 6) is -0.229. The Morgan fingerprint density at radius 1 is 1.09 bits per heavy atom. The van der Waals surface area contributed by atoms with E-state index in [1.807, 2.05) is 12.1 Å². The predicted octanol–water partition coefficient (Wildman–Crippen LogP) is 2.97. The molecule has 0 heterocycles. The summed E-state index contributed by atoms with van der Waals surface area (Å²) in [5, 5.41) is 3.11. The van der Waals surface area contributed by atoms with Crippen LogP contribution in [0.2, 0.25) is 5.02 Å². The minimum atomic E-state index is -0.130. The first kappa shape index (κ1) is 16.0. The van der Waals surface area contributed by atoms with Gasteiger partial charge in [0.25, 0.3) is 11.8 Å². The fourth-order valence-electron chi connectivity index (χ4n) is 2.09. The molecule has 114 valence electrons. The van der Waals surface area contributed by atoms with Crippen LogP contribution in [0.15, 0.2) is 48.5 Å². The van der Waals surface area contributed by atoms with Crippen LogP contribution in [0, 0.1) is 0 Å². The number of rotatable bonds is 4. The van der Waals surface area contributed by atoms with Crippen LogP contribution in [0.25, 0.3) is 0 Å². The van der Waals surface area contributed by atoms with E-state index in [1.54, 1.807) is 55.4 Å². The number of carbonyl (C=O) groups is 2. The Kier molecular flexibility index (Phi) is 5.17. The number of carbonyl (C=O) groups excluding carboxylic acids is 2. The van der Waals surface area contributed by atoms with Gasteiger partial charge in [-0.05, 0) is 35.9 Å². The third kappa shape index (κ3) is 3.86. The zero-order valence-corrected chi connectivity index (χ0v) is 13.2. The Morgan fingerprint density at radius 3 is 2.36 bits per heavy atom. The number of hydrogen-bond donors (Lipinski definition) is 1. The van der Waals surface area contributed by atoms with Gasteiger partial charge in [-0.3, -0.25) is 9.59 Å².